The molecule has 0 radical (unpaired) electrons. The summed E-state index contributed by atoms with van der Waals surface area (Å²) in [5, 5.41) is 9.21. The zero-order chi connectivity index (χ0) is 24.5. The summed E-state index contributed by atoms with van der Waals surface area (Å²) in [6, 6.07) is -0.396. The number of hydrogen-bond donors (Lipinski definition) is 4. The van der Waals surface area contributed by atoms with E-state index < -0.39 is 6.03 Å². The molecular formula is C29H60N4O. The third-order valence-corrected chi connectivity index (χ3v) is 7.75. The molecule has 1 fully saturated rings. The van der Waals surface area contributed by atoms with Gasteiger partial charge >= 0.3 is 6.03 Å². The molecule has 0 aliphatic heterocycles. The van der Waals surface area contributed by atoms with E-state index in [1.807, 2.05) is 7.05 Å². The Morgan fingerprint density at radius 3 is 1.65 bits per heavy atom. The van der Waals surface area contributed by atoms with Crippen LogP contribution in [0, 0.1) is 11.8 Å². The van der Waals surface area contributed by atoms with E-state index in [9.17, 15) is 4.79 Å². The summed E-state index contributed by atoms with van der Waals surface area (Å²) in [5.41, 5.74) is 5.09. The van der Waals surface area contributed by atoms with Crippen molar-refractivity contribution in [2.45, 2.75) is 141 Å². The number of rotatable bonds is 22. The van der Waals surface area contributed by atoms with Crippen molar-refractivity contribution in [2.75, 3.05) is 26.8 Å². The molecule has 5 nitrogen and oxygen atoms in total. The molecule has 0 bridgehead atoms. The molecular weight excluding hydrogens is 420 g/mol. The van der Waals surface area contributed by atoms with Gasteiger partial charge in [-0.1, -0.05) is 122 Å². The summed E-state index contributed by atoms with van der Waals surface area (Å²) >= 11 is 0. The molecule has 0 aromatic heterocycles. The largest absolute Gasteiger partial charge is 0.352 e. The molecule has 1 aliphatic rings. The van der Waals surface area contributed by atoms with Gasteiger partial charge in [0.25, 0.3) is 0 Å². The molecule has 2 unspecified atom stereocenters. The van der Waals surface area contributed by atoms with E-state index >= 15 is 0 Å². The molecule has 0 aromatic carbocycles. The van der Waals surface area contributed by atoms with Crippen LogP contribution in [0.1, 0.15) is 141 Å². The minimum absolute atomic E-state index is 0.396. The number of nitrogens with two attached hydrogens (primary N) is 1. The molecule has 5 N–H and O–H groups in total. The Morgan fingerprint density at radius 2 is 1.15 bits per heavy atom. The van der Waals surface area contributed by atoms with Gasteiger partial charge in [-0.05, 0) is 44.7 Å². The van der Waals surface area contributed by atoms with Gasteiger partial charge in [-0.25, -0.2) is 4.79 Å². The van der Waals surface area contributed by atoms with Crippen LogP contribution in [-0.4, -0.2) is 32.8 Å². The van der Waals surface area contributed by atoms with Crippen LogP contribution in [0.4, 0.5) is 4.79 Å². The molecule has 0 spiro atoms. The van der Waals surface area contributed by atoms with Crippen LogP contribution in [0.3, 0.4) is 0 Å². The second-order valence-electron chi connectivity index (χ2n) is 11.0. The van der Waals surface area contributed by atoms with Crippen molar-refractivity contribution >= 4 is 6.03 Å². The Bertz CT molecular complexity index is 446. The second-order valence-corrected chi connectivity index (χ2v) is 11.0. The highest BCUT2D eigenvalue weighted by Crippen LogP contribution is 2.33. The summed E-state index contributed by atoms with van der Waals surface area (Å²) in [6.07, 6.45) is 31.0. The number of primary amides is 1. The van der Waals surface area contributed by atoms with Gasteiger partial charge in [0.1, 0.15) is 0 Å². The summed E-state index contributed by atoms with van der Waals surface area (Å²) in [6.45, 7) is 2.82. The van der Waals surface area contributed by atoms with Gasteiger partial charge in [0.05, 0.1) is 0 Å². The third-order valence-electron chi connectivity index (χ3n) is 7.75. The monoisotopic (exact) mass is 480 g/mol. The average molecular weight is 481 g/mol. The van der Waals surface area contributed by atoms with E-state index in [0.717, 1.165) is 38.0 Å². The van der Waals surface area contributed by atoms with Crippen molar-refractivity contribution < 1.29 is 4.79 Å². The maximum absolute atomic E-state index is 10.6. The van der Waals surface area contributed by atoms with Crippen LogP contribution in [0.2, 0.25) is 0 Å². The van der Waals surface area contributed by atoms with Gasteiger partial charge in [0.2, 0.25) is 0 Å². The minimum Gasteiger partial charge on any atom is -0.352 e. The van der Waals surface area contributed by atoms with Gasteiger partial charge in [-0.3, -0.25) is 0 Å². The number of nitrogens with one attached hydrogen (secondary N) is 3. The number of urea groups is 1. The first kappa shape index (κ1) is 31.2. The van der Waals surface area contributed by atoms with Gasteiger partial charge in [0, 0.05) is 13.2 Å². The Balaban J connectivity index is 1.99. The SMILES string of the molecule is CNCNCCCCCCCCCC1CCCCCC(CCCCCCCCCNC(N)=O)C1. The third kappa shape index (κ3) is 20.6. The lowest BCUT2D eigenvalue weighted by molar-refractivity contribution is 0.248. The van der Waals surface area contributed by atoms with E-state index in [0.29, 0.717) is 0 Å². The number of hydrogen-bond acceptors (Lipinski definition) is 3. The van der Waals surface area contributed by atoms with Gasteiger partial charge in [0.15, 0.2) is 0 Å². The number of amides is 2. The Kier molecular flexibility index (Phi) is 22.0. The molecule has 0 aromatic rings. The number of unbranched alkanes of at least 4 members (excludes halogenated alkanes) is 12. The van der Waals surface area contributed by atoms with Crippen molar-refractivity contribution in [1.82, 2.24) is 16.0 Å². The lowest BCUT2D eigenvalue weighted by Gasteiger charge is -2.26. The van der Waals surface area contributed by atoms with Crippen LogP contribution < -0.4 is 21.7 Å². The van der Waals surface area contributed by atoms with Crippen molar-refractivity contribution in [3.05, 3.63) is 0 Å². The molecule has 202 valence electrons. The predicted octanol–water partition coefficient (Wildman–Crippen LogP) is 7.25. The lowest BCUT2D eigenvalue weighted by Crippen LogP contribution is -2.29. The van der Waals surface area contributed by atoms with Gasteiger partial charge < -0.3 is 21.7 Å². The molecule has 0 saturated heterocycles. The van der Waals surface area contributed by atoms with Crippen LogP contribution in [0.25, 0.3) is 0 Å². The van der Waals surface area contributed by atoms with Crippen molar-refractivity contribution in [1.29, 1.82) is 0 Å². The van der Waals surface area contributed by atoms with Crippen molar-refractivity contribution in [3.63, 3.8) is 0 Å². The average Bonchev–Trinajstić information content (AvgIpc) is 2.80. The maximum Gasteiger partial charge on any atom is 0.312 e. The number of carbonyl (C=O) groups excluding carboxylic acids is 1. The Labute approximate surface area is 212 Å². The fourth-order valence-corrected chi connectivity index (χ4v) is 5.71. The topological polar surface area (TPSA) is 79.2 Å². The van der Waals surface area contributed by atoms with E-state index in [-0.39, 0.29) is 0 Å². The number of carbonyl (C=O) groups is 1. The van der Waals surface area contributed by atoms with E-state index in [1.54, 1.807) is 0 Å². The fraction of sp³-hybridized carbons (Fsp3) is 0.966. The van der Waals surface area contributed by atoms with E-state index in [4.69, 9.17) is 5.73 Å². The highest BCUT2D eigenvalue weighted by atomic mass is 16.2. The summed E-state index contributed by atoms with van der Waals surface area (Å²) in [4.78, 5) is 10.6. The molecule has 1 rings (SSSR count). The molecule has 2 amide bonds. The predicted molar refractivity (Wildman–Crippen MR) is 148 cm³/mol. The minimum atomic E-state index is -0.396. The Morgan fingerprint density at radius 1 is 0.676 bits per heavy atom. The quantitative estimate of drug-likeness (QED) is 0.0973. The van der Waals surface area contributed by atoms with E-state index in [1.165, 1.54) is 135 Å². The first-order chi connectivity index (χ1) is 16.7. The zero-order valence-electron chi connectivity index (χ0n) is 22.8. The molecule has 1 saturated carbocycles. The Hall–Kier alpha value is -0.810. The van der Waals surface area contributed by atoms with Crippen molar-refractivity contribution in [3.8, 4) is 0 Å². The zero-order valence-corrected chi connectivity index (χ0v) is 22.8. The van der Waals surface area contributed by atoms with Crippen LogP contribution in [0.5, 0.6) is 0 Å². The van der Waals surface area contributed by atoms with Crippen LogP contribution >= 0.6 is 0 Å². The summed E-state index contributed by atoms with van der Waals surface area (Å²) in [5.74, 6) is 2.01. The lowest BCUT2D eigenvalue weighted by atomic mass is 9.79. The molecule has 2 atom stereocenters. The maximum atomic E-state index is 10.6. The van der Waals surface area contributed by atoms with Crippen LogP contribution in [0.15, 0.2) is 0 Å². The highest BCUT2D eigenvalue weighted by molar-refractivity contribution is 5.71. The second kappa shape index (κ2) is 23.9. The molecule has 1 aliphatic carbocycles. The normalized spacial score (nSPS) is 19.0. The first-order valence-electron chi connectivity index (χ1n) is 15.1. The highest BCUT2D eigenvalue weighted by Gasteiger charge is 2.18. The van der Waals surface area contributed by atoms with Crippen molar-refractivity contribution in [2.24, 2.45) is 17.6 Å². The van der Waals surface area contributed by atoms with Gasteiger partial charge in [-0.2, -0.15) is 0 Å². The standard InChI is InChI=1S/C29H60N4O/c1-31-26-32-23-17-10-6-2-4-8-13-19-27-21-15-12-16-22-28(25-27)20-14-9-5-3-7-11-18-24-33-29(30)34/h27-28,31-32H,2-26H2,1H3,(H3,30,33,34). The molecule has 34 heavy (non-hydrogen) atoms. The van der Waals surface area contributed by atoms with Gasteiger partial charge in [-0.15, -0.1) is 0 Å². The first-order valence-corrected chi connectivity index (χ1v) is 15.1. The van der Waals surface area contributed by atoms with Crippen LogP contribution in [-0.2, 0) is 0 Å². The smallest absolute Gasteiger partial charge is 0.312 e. The van der Waals surface area contributed by atoms with E-state index in [2.05, 4.69) is 16.0 Å². The molecule has 5 heteroatoms. The summed E-state index contributed by atoms with van der Waals surface area (Å²) < 4.78 is 0. The summed E-state index contributed by atoms with van der Waals surface area (Å²) in [7, 11) is 1.99. The molecule has 0 heterocycles. The fourth-order valence-electron chi connectivity index (χ4n) is 5.71.